The monoisotopic (exact) mass is 415 g/mol. The fourth-order valence-corrected chi connectivity index (χ4v) is 3.11. The number of rotatable bonds is 3. The molecule has 0 saturated carbocycles. The average Bonchev–Trinajstić information content (AvgIpc) is 2.66. The Balaban J connectivity index is 2.25. The van der Waals surface area contributed by atoms with Crippen LogP contribution in [-0.2, 0) is 11.7 Å². The number of carbonyl (C=O) groups is 1. The Kier molecular flexibility index (Phi) is 5.28. The summed E-state index contributed by atoms with van der Waals surface area (Å²) in [4.78, 5) is 28.9. The van der Waals surface area contributed by atoms with Crippen molar-refractivity contribution in [2.45, 2.75) is 32.5 Å². The molecule has 3 rings (SSSR count). The third-order valence-corrected chi connectivity index (χ3v) is 4.56. The number of carbonyl (C=O) groups excluding carboxylic acids is 1. The van der Waals surface area contributed by atoms with Crippen LogP contribution in [0.25, 0.3) is 22.4 Å². The Bertz CT molecular complexity index is 1180. The molecule has 0 aliphatic carbocycles. The fourth-order valence-electron chi connectivity index (χ4n) is 3.11. The summed E-state index contributed by atoms with van der Waals surface area (Å²) in [5.41, 5.74) is 3.81. The Hall–Kier alpha value is -3.42. The van der Waals surface area contributed by atoms with Crippen molar-refractivity contribution in [2.24, 2.45) is 5.73 Å². The van der Waals surface area contributed by atoms with Crippen LogP contribution in [0.2, 0.25) is 0 Å². The summed E-state index contributed by atoms with van der Waals surface area (Å²) in [5.74, 6) is -0.812. The van der Waals surface area contributed by atoms with Crippen molar-refractivity contribution in [1.29, 1.82) is 0 Å². The molecule has 0 atom stereocenters. The van der Waals surface area contributed by atoms with E-state index in [9.17, 15) is 22.8 Å². The van der Waals surface area contributed by atoms with E-state index in [1.54, 1.807) is 26.8 Å². The lowest BCUT2D eigenvalue weighted by Gasteiger charge is -2.23. The van der Waals surface area contributed by atoms with Crippen molar-refractivity contribution in [1.82, 2.24) is 9.55 Å². The van der Waals surface area contributed by atoms with Gasteiger partial charge >= 0.3 is 6.18 Å². The van der Waals surface area contributed by atoms with E-state index in [4.69, 9.17) is 5.73 Å². The molecular formula is C22H20F3N3O2. The second-order valence-corrected chi connectivity index (χ2v) is 7.81. The summed E-state index contributed by atoms with van der Waals surface area (Å²) in [6, 6.07) is 11.3. The van der Waals surface area contributed by atoms with Gasteiger partial charge in [-0.2, -0.15) is 13.2 Å². The maximum absolute atomic E-state index is 13.4. The van der Waals surface area contributed by atoms with E-state index < -0.39 is 28.7 Å². The normalized spacial score (nSPS) is 12.1. The number of aromatic nitrogens is 2. The lowest BCUT2D eigenvalue weighted by Crippen LogP contribution is -2.36. The van der Waals surface area contributed by atoms with Gasteiger partial charge in [-0.15, -0.1) is 0 Å². The number of amides is 1. The molecule has 2 aromatic carbocycles. The Morgan fingerprint density at radius 2 is 1.63 bits per heavy atom. The average molecular weight is 415 g/mol. The van der Waals surface area contributed by atoms with E-state index in [0.717, 1.165) is 6.07 Å². The van der Waals surface area contributed by atoms with Crippen LogP contribution in [0, 0.1) is 0 Å². The van der Waals surface area contributed by atoms with Gasteiger partial charge in [-0.25, -0.2) is 4.98 Å². The summed E-state index contributed by atoms with van der Waals surface area (Å²) in [6.07, 6.45) is -3.24. The standard InChI is InChI=1S/C22H20F3N3O2/c1-21(2,3)28-12-17(19(26)29)27-18(20(28)30)14-8-6-7-13(11-14)15-9-4-5-10-16(15)22(23,24)25/h4-12H,1-3H3,(H2,26,29). The maximum Gasteiger partial charge on any atom is 0.417 e. The number of alkyl halides is 3. The molecular weight excluding hydrogens is 395 g/mol. The number of nitrogens with two attached hydrogens (primary N) is 1. The molecule has 0 fully saturated rings. The zero-order chi connectivity index (χ0) is 22.3. The van der Waals surface area contributed by atoms with Gasteiger partial charge in [0.05, 0.1) is 5.56 Å². The predicted molar refractivity (Wildman–Crippen MR) is 108 cm³/mol. The van der Waals surface area contributed by atoms with Crippen molar-refractivity contribution in [2.75, 3.05) is 0 Å². The third kappa shape index (κ3) is 4.12. The van der Waals surface area contributed by atoms with Gasteiger partial charge in [-0.1, -0.05) is 36.4 Å². The van der Waals surface area contributed by atoms with Gasteiger partial charge in [0.2, 0.25) is 0 Å². The van der Waals surface area contributed by atoms with Crippen molar-refractivity contribution in [3.05, 3.63) is 76.3 Å². The highest BCUT2D eigenvalue weighted by Gasteiger charge is 2.33. The first-order valence-corrected chi connectivity index (χ1v) is 9.10. The molecule has 1 amide bonds. The SMILES string of the molecule is CC(C)(C)n1cc(C(N)=O)nc(-c2cccc(-c3ccccc3C(F)(F)F)c2)c1=O. The fraction of sp³-hybridized carbons (Fsp3) is 0.227. The molecule has 1 heterocycles. The highest BCUT2D eigenvalue weighted by atomic mass is 19.4. The van der Waals surface area contributed by atoms with E-state index >= 15 is 0 Å². The lowest BCUT2D eigenvalue weighted by molar-refractivity contribution is -0.137. The molecule has 0 saturated heterocycles. The first-order chi connectivity index (χ1) is 13.9. The predicted octanol–water partition coefficient (Wildman–Crippen LogP) is 4.45. The molecule has 156 valence electrons. The van der Waals surface area contributed by atoms with Gasteiger partial charge in [0.25, 0.3) is 11.5 Å². The molecule has 0 spiro atoms. The molecule has 0 aliphatic heterocycles. The van der Waals surface area contributed by atoms with E-state index in [0.29, 0.717) is 0 Å². The molecule has 1 aromatic heterocycles. The number of hydrogen-bond donors (Lipinski definition) is 1. The molecule has 3 aromatic rings. The minimum Gasteiger partial charge on any atom is -0.364 e. The zero-order valence-electron chi connectivity index (χ0n) is 16.6. The van der Waals surface area contributed by atoms with Gasteiger partial charge in [0.1, 0.15) is 11.4 Å². The zero-order valence-corrected chi connectivity index (χ0v) is 16.6. The molecule has 0 unspecified atom stereocenters. The first-order valence-electron chi connectivity index (χ1n) is 9.10. The van der Waals surface area contributed by atoms with Gasteiger partial charge in [-0.05, 0) is 44.0 Å². The van der Waals surface area contributed by atoms with Crippen molar-refractivity contribution >= 4 is 5.91 Å². The summed E-state index contributed by atoms with van der Waals surface area (Å²) in [6.45, 7) is 5.33. The summed E-state index contributed by atoms with van der Waals surface area (Å²) < 4.78 is 41.6. The summed E-state index contributed by atoms with van der Waals surface area (Å²) in [5, 5.41) is 0. The van der Waals surface area contributed by atoms with Crippen LogP contribution < -0.4 is 11.3 Å². The second-order valence-electron chi connectivity index (χ2n) is 7.81. The summed E-state index contributed by atoms with van der Waals surface area (Å²) >= 11 is 0. The van der Waals surface area contributed by atoms with Crippen LogP contribution in [0.15, 0.2) is 59.5 Å². The van der Waals surface area contributed by atoms with Crippen LogP contribution in [-0.4, -0.2) is 15.5 Å². The molecule has 8 heteroatoms. The summed E-state index contributed by atoms with van der Waals surface area (Å²) in [7, 11) is 0. The second kappa shape index (κ2) is 7.44. The largest absolute Gasteiger partial charge is 0.417 e. The Morgan fingerprint density at radius 3 is 2.23 bits per heavy atom. The highest BCUT2D eigenvalue weighted by Crippen LogP contribution is 2.37. The first kappa shape index (κ1) is 21.3. The van der Waals surface area contributed by atoms with Gasteiger partial charge in [0, 0.05) is 17.3 Å². The van der Waals surface area contributed by atoms with Gasteiger partial charge in [0.15, 0.2) is 0 Å². The quantitative estimate of drug-likeness (QED) is 0.687. The highest BCUT2D eigenvalue weighted by molar-refractivity contribution is 5.91. The lowest BCUT2D eigenvalue weighted by atomic mass is 9.97. The Morgan fingerprint density at radius 1 is 1.00 bits per heavy atom. The molecule has 2 N–H and O–H groups in total. The molecule has 0 bridgehead atoms. The number of benzene rings is 2. The van der Waals surface area contributed by atoms with E-state index in [-0.39, 0.29) is 28.1 Å². The minimum absolute atomic E-state index is 0.0194. The van der Waals surface area contributed by atoms with Gasteiger partial charge in [-0.3, -0.25) is 9.59 Å². The molecule has 5 nitrogen and oxygen atoms in total. The molecule has 0 radical (unpaired) electrons. The van der Waals surface area contributed by atoms with Crippen molar-refractivity contribution in [3.63, 3.8) is 0 Å². The number of hydrogen-bond acceptors (Lipinski definition) is 3. The topological polar surface area (TPSA) is 78.0 Å². The molecule has 30 heavy (non-hydrogen) atoms. The number of nitrogens with zero attached hydrogens (tertiary/aromatic N) is 2. The third-order valence-electron chi connectivity index (χ3n) is 4.56. The van der Waals surface area contributed by atoms with E-state index in [2.05, 4.69) is 4.98 Å². The van der Waals surface area contributed by atoms with Crippen LogP contribution in [0.1, 0.15) is 36.8 Å². The van der Waals surface area contributed by atoms with Crippen LogP contribution in [0.4, 0.5) is 13.2 Å². The van der Waals surface area contributed by atoms with Crippen LogP contribution in [0.3, 0.4) is 0 Å². The van der Waals surface area contributed by atoms with Crippen LogP contribution >= 0.6 is 0 Å². The van der Waals surface area contributed by atoms with Crippen molar-refractivity contribution in [3.8, 4) is 22.4 Å². The number of halogens is 3. The Labute approximate surface area is 171 Å². The smallest absolute Gasteiger partial charge is 0.364 e. The molecule has 0 aliphatic rings. The van der Waals surface area contributed by atoms with Crippen LogP contribution in [0.5, 0.6) is 0 Å². The van der Waals surface area contributed by atoms with Gasteiger partial charge < -0.3 is 10.3 Å². The minimum atomic E-state index is -4.53. The van der Waals surface area contributed by atoms with E-state index in [1.165, 1.54) is 47.2 Å². The maximum atomic E-state index is 13.4. The number of primary amides is 1. The van der Waals surface area contributed by atoms with Crippen molar-refractivity contribution < 1.29 is 18.0 Å². The van der Waals surface area contributed by atoms with E-state index in [1.807, 2.05) is 0 Å².